The van der Waals surface area contributed by atoms with E-state index in [-0.39, 0.29) is 17.1 Å². The van der Waals surface area contributed by atoms with E-state index >= 15 is 0 Å². The molecule has 41 valence electrons. The maximum absolute atomic E-state index is 4.48. The van der Waals surface area contributed by atoms with Crippen molar-refractivity contribution in [3.63, 3.8) is 0 Å². The van der Waals surface area contributed by atoms with Crippen LogP contribution in [0, 0.1) is 0 Å². The number of hydrogen-bond acceptors (Lipinski definition) is 4. The van der Waals surface area contributed by atoms with Gasteiger partial charge in [-0.15, -0.1) is 0 Å². The van der Waals surface area contributed by atoms with Gasteiger partial charge in [-0.05, 0) is 0 Å². The van der Waals surface area contributed by atoms with Crippen molar-refractivity contribution in [3.8, 4) is 0 Å². The first kappa shape index (κ1) is 11.2. The fourth-order valence-corrected chi connectivity index (χ4v) is 0. The van der Waals surface area contributed by atoms with Gasteiger partial charge in [-0.3, -0.25) is 0 Å². The molecule has 0 amide bonds. The topological polar surface area (TPSA) is 0 Å². The van der Waals surface area contributed by atoms with E-state index in [1.165, 1.54) is 0 Å². The zero-order valence-corrected chi connectivity index (χ0v) is 9.48. The molecule has 0 heterocycles. The predicted octanol–water partition coefficient (Wildman–Crippen LogP) is 1.29. The van der Waals surface area contributed by atoms with Crippen molar-refractivity contribution in [3.05, 3.63) is 0 Å². The van der Waals surface area contributed by atoms with E-state index in [0.29, 0.717) is 0 Å². The van der Waals surface area contributed by atoms with Gasteiger partial charge in [0.05, 0.1) is 0 Å². The van der Waals surface area contributed by atoms with Crippen LogP contribution in [0.4, 0.5) is 0 Å². The third-order valence-corrected chi connectivity index (χ3v) is 0. The van der Waals surface area contributed by atoms with Gasteiger partial charge >= 0.3 is 67.2 Å². The van der Waals surface area contributed by atoms with E-state index in [1.807, 2.05) is 0 Å². The Morgan fingerprint density at radius 3 is 1.17 bits per heavy atom. The standard InChI is InChI=1S/Cu.4S.W/q+2;;;2*-1;. The Balaban J connectivity index is 0. The zero-order valence-electron chi connectivity index (χ0n) is 2.34. The van der Waals surface area contributed by atoms with Crippen LogP contribution in [0.3, 0.4) is 0 Å². The van der Waals surface area contributed by atoms with Gasteiger partial charge in [-0.25, -0.2) is 0 Å². The van der Waals surface area contributed by atoms with Crippen LogP contribution in [-0.4, -0.2) is 0 Å². The van der Waals surface area contributed by atoms with Crippen molar-refractivity contribution >= 4 is 40.3 Å². The molecular formula is CuS4W. The van der Waals surface area contributed by atoms with Gasteiger partial charge in [-0.2, -0.15) is 0 Å². The molecule has 0 bridgehead atoms. The van der Waals surface area contributed by atoms with Crippen LogP contribution in [0.5, 0.6) is 0 Å². The molecule has 0 aliphatic heterocycles. The molecule has 0 aromatic heterocycles. The molecule has 0 spiro atoms. The summed E-state index contributed by atoms with van der Waals surface area (Å²) in [5.41, 5.74) is 0. The van der Waals surface area contributed by atoms with E-state index in [4.69, 9.17) is 0 Å². The molecule has 0 aliphatic rings. The van der Waals surface area contributed by atoms with Crippen molar-refractivity contribution in [2.75, 3.05) is 0 Å². The Labute approximate surface area is 66.3 Å². The molecule has 0 unspecified atom stereocenters. The zero-order chi connectivity index (χ0) is 4.50. The molecule has 0 rings (SSSR count). The molecule has 0 aromatic carbocycles. The number of rotatable bonds is 0. The Morgan fingerprint density at radius 1 is 1.17 bits per heavy atom. The van der Waals surface area contributed by atoms with Crippen molar-refractivity contribution in [1.29, 1.82) is 0 Å². The van der Waals surface area contributed by atoms with Gasteiger partial charge in [0.25, 0.3) is 0 Å². The van der Waals surface area contributed by atoms with Crippen LogP contribution >= 0.6 is 19.6 Å². The maximum atomic E-state index is 4.48. The quantitative estimate of drug-likeness (QED) is 0.462. The van der Waals surface area contributed by atoms with Gasteiger partial charge in [0.2, 0.25) is 0 Å². The molecule has 0 aromatic rings. The second-order valence-corrected chi connectivity index (χ2v) is 30.1. The van der Waals surface area contributed by atoms with Crippen LogP contribution in [0.1, 0.15) is 0 Å². The van der Waals surface area contributed by atoms with Crippen molar-refractivity contribution < 1.29 is 26.9 Å². The Kier molecular flexibility index (Phi) is 7.92. The third-order valence-electron chi connectivity index (χ3n) is 0. The minimum absolute atomic E-state index is 0. The van der Waals surface area contributed by atoms with E-state index < -0.39 is 9.86 Å². The average Bonchev–Trinajstić information content (AvgIpc) is 0.722. The predicted molar refractivity (Wildman–Crippen MR) is 29.9 cm³/mol. The number of hydrogen-bond donors (Lipinski definition) is 0. The fourth-order valence-electron chi connectivity index (χ4n) is 0. The Bertz CT molecular complexity index is 90.7. The molecule has 0 saturated heterocycles. The Morgan fingerprint density at radius 2 is 1.17 bits per heavy atom. The monoisotopic (exact) mass is 375 g/mol. The summed E-state index contributed by atoms with van der Waals surface area (Å²) in [6, 6.07) is 0. The molecule has 0 saturated carbocycles. The van der Waals surface area contributed by atoms with Gasteiger partial charge in [0.15, 0.2) is 0 Å². The molecular weight excluding hydrogens is 376 g/mol. The van der Waals surface area contributed by atoms with Gasteiger partial charge in [-0.1, -0.05) is 0 Å². The van der Waals surface area contributed by atoms with Crippen LogP contribution < -0.4 is 0 Å². The SMILES string of the molecule is [Cu+2].[S]=[W](=[S])([S-])[S-]. The van der Waals surface area contributed by atoms with Crippen LogP contribution in [0.2, 0.25) is 0 Å². The summed E-state index contributed by atoms with van der Waals surface area (Å²) in [6.45, 7) is 0. The fraction of sp³-hybridized carbons (Fsp3) is 0. The summed E-state index contributed by atoms with van der Waals surface area (Å²) in [4.78, 5) is 0. The minimum atomic E-state index is -2.83. The summed E-state index contributed by atoms with van der Waals surface area (Å²) < 4.78 is 0. The summed E-state index contributed by atoms with van der Waals surface area (Å²) in [7, 11) is 15.1. The molecule has 1 radical (unpaired) electrons. The van der Waals surface area contributed by atoms with Crippen LogP contribution in [-0.2, 0) is 47.6 Å². The van der Waals surface area contributed by atoms with E-state index in [0.717, 1.165) is 0 Å². The summed E-state index contributed by atoms with van der Waals surface area (Å²) in [5.74, 6) is 0. The van der Waals surface area contributed by atoms with Crippen LogP contribution in [0.25, 0.3) is 0 Å². The second-order valence-electron chi connectivity index (χ2n) is 0.408. The average molecular weight is 376 g/mol. The summed E-state index contributed by atoms with van der Waals surface area (Å²) in [5, 5.41) is 0. The Hall–Kier alpha value is 2.35. The third kappa shape index (κ3) is 32.9. The summed E-state index contributed by atoms with van der Waals surface area (Å²) in [6.07, 6.45) is 0. The van der Waals surface area contributed by atoms with Gasteiger partial charge < -0.3 is 0 Å². The van der Waals surface area contributed by atoms with Crippen molar-refractivity contribution in [1.82, 2.24) is 0 Å². The van der Waals surface area contributed by atoms with Crippen molar-refractivity contribution in [2.24, 2.45) is 0 Å². The van der Waals surface area contributed by atoms with Crippen molar-refractivity contribution in [2.45, 2.75) is 0 Å². The molecule has 0 fully saturated rings. The molecule has 6 heteroatoms. The normalized spacial score (nSPS) is 9.67. The van der Waals surface area contributed by atoms with E-state index in [2.05, 4.69) is 40.3 Å². The molecule has 0 atom stereocenters. The van der Waals surface area contributed by atoms with Gasteiger partial charge in [0.1, 0.15) is 0 Å². The molecule has 0 N–H and O–H groups in total. The first-order valence-electron chi connectivity index (χ1n) is 0.667. The second kappa shape index (κ2) is 4.25. The van der Waals surface area contributed by atoms with Gasteiger partial charge in [0, 0.05) is 0 Å². The first-order valence-corrected chi connectivity index (χ1v) is 16.4. The summed E-state index contributed by atoms with van der Waals surface area (Å²) >= 11 is 0. The van der Waals surface area contributed by atoms with E-state index in [1.54, 1.807) is 0 Å². The van der Waals surface area contributed by atoms with Crippen LogP contribution in [0.15, 0.2) is 0 Å². The molecule has 0 aliphatic carbocycles. The molecule has 0 nitrogen and oxygen atoms in total. The first-order chi connectivity index (χ1) is 2.00. The van der Waals surface area contributed by atoms with E-state index in [9.17, 15) is 0 Å². The molecule has 6 heavy (non-hydrogen) atoms.